The average molecular weight is 206 g/mol. The smallest absolute Gasteiger partial charge is 0.291 e. The predicted octanol–water partition coefficient (Wildman–Crippen LogP) is 0.343. The Morgan fingerprint density at radius 3 is 2.80 bits per heavy atom. The number of fused-ring (bicyclic) bond motifs is 1. The van der Waals surface area contributed by atoms with E-state index in [2.05, 4.69) is 15.4 Å². The van der Waals surface area contributed by atoms with Crippen molar-refractivity contribution in [2.75, 3.05) is 0 Å². The maximum absolute atomic E-state index is 11.7. The molecule has 15 heavy (non-hydrogen) atoms. The number of aromatic nitrogens is 3. The minimum Gasteiger partial charge on any atom is -0.347 e. The van der Waals surface area contributed by atoms with Crippen molar-refractivity contribution in [2.24, 2.45) is 18.9 Å². The second kappa shape index (κ2) is 3.05. The molecular formula is C10H14N4O. The Morgan fingerprint density at radius 2 is 2.20 bits per heavy atom. The molecule has 2 atom stereocenters. The van der Waals surface area contributed by atoms with Crippen LogP contribution < -0.4 is 5.32 Å². The molecule has 0 aliphatic heterocycles. The molecule has 0 spiro atoms. The zero-order valence-electron chi connectivity index (χ0n) is 8.68. The van der Waals surface area contributed by atoms with E-state index >= 15 is 0 Å². The molecule has 0 aromatic carbocycles. The van der Waals surface area contributed by atoms with Gasteiger partial charge >= 0.3 is 0 Å². The first-order valence-electron chi connectivity index (χ1n) is 5.39. The topological polar surface area (TPSA) is 59.8 Å². The lowest BCUT2D eigenvalue weighted by Crippen LogP contribution is -2.34. The van der Waals surface area contributed by atoms with Crippen LogP contribution in [0.2, 0.25) is 0 Å². The summed E-state index contributed by atoms with van der Waals surface area (Å²) in [4.78, 5) is 15.6. The Balaban J connectivity index is 1.61. The lowest BCUT2D eigenvalue weighted by atomic mass is 10.1. The number of nitrogens with zero attached hydrogens (tertiary/aromatic N) is 3. The minimum absolute atomic E-state index is 0.137. The van der Waals surface area contributed by atoms with Crippen molar-refractivity contribution in [3.05, 3.63) is 12.2 Å². The number of hydrogen-bond acceptors (Lipinski definition) is 3. The van der Waals surface area contributed by atoms with Crippen LogP contribution in [0.1, 0.15) is 29.9 Å². The summed E-state index contributed by atoms with van der Waals surface area (Å²) in [6, 6.07) is 0.352. The van der Waals surface area contributed by atoms with Gasteiger partial charge in [0.15, 0.2) is 0 Å². The van der Waals surface area contributed by atoms with Crippen molar-refractivity contribution in [2.45, 2.75) is 25.3 Å². The maximum atomic E-state index is 11.7. The van der Waals surface area contributed by atoms with Crippen molar-refractivity contribution in [3.63, 3.8) is 0 Å². The fourth-order valence-corrected chi connectivity index (χ4v) is 2.53. The fraction of sp³-hybridized carbons (Fsp3) is 0.700. The van der Waals surface area contributed by atoms with Gasteiger partial charge in [-0.15, -0.1) is 5.10 Å². The number of aryl methyl sites for hydroxylation is 1. The van der Waals surface area contributed by atoms with Crippen LogP contribution >= 0.6 is 0 Å². The predicted molar refractivity (Wildman–Crippen MR) is 53.1 cm³/mol. The molecule has 2 aliphatic rings. The fourth-order valence-electron chi connectivity index (χ4n) is 2.53. The summed E-state index contributed by atoms with van der Waals surface area (Å²) in [7, 11) is 1.76. The standard InChI is InChI=1S/C10H14N4O/c1-14-5-11-9(13-14)10(15)12-8-3-6-2-7(6)4-8/h5-8H,2-4H2,1H3,(H,12,15). The summed E-state index contributed by atoms with van der Waals surface area (Å²) < 4.78 is 1.54. The second-order valence-corrected chi connectivity index (χ2v) is 4.64. The van der Waals surface area contributed by atoms with Gasteiger partial charge in [-0.05, 0) is 31.1 Å². The molecule has 2 unspecified atom stereocenters. The highest BCUT2D eigenvalue weighted by Crippen LogP contribution is 2.51. The molecule has 0 saturated heterocycles. The molecule has 5 nitrogen and oxygen atoms in total. The van der Waals surface area contributed by atoms with Crippen LogP contribution in [0.15, 0.2) is 6.33 Å². The van der Waals surface area contributed by atoms with E-state index in [-0.39, 0.29) is 11.7 Å². The van der Waals surface area contributed by atoms with Crippen LogP contribution in [0, 0.1) is 11.8 Å². The first-order chi connectivity index (χ1) is 7.22. The second-order valence-electron chi connectivity index (χ2n) is 4.64. The zero-order chi connectivity index (χ0) is 10.4. The highest BCUT2D eigenvalue weighted by atomic mass is 16.2. The van der Waals surface area contributed by atoms with E-state index in [0.29, 0.717) is 6.04 Å². The Hall–Kier alpha value is -1.39. The number of rotatable bonds is 2. The Labute approximate surface area is 87.9 Å². The van der Waals surface area contributed by atoms with Crippen molar-refractivity contribution in [1.29, 1.82) is 0 Å². The molecule has 2 saturated carbocycles. The van der Waals surface area contributed by atoms with Crippen LogP contribution in [0.4, 0.5) is 0 Å². The van der Waals surface area contributed by atoms with Gasteiger partial charge in [-0.25, -0.2) is 4.98 Å². The number of amides is 1. The molecule has 5 heteroatoms. The quantitative estimate of drug-likeness (QED) is 0.759. The van der Waals surface area contributed by atoms with Crippen LogP contribution in [0.5, 0.6) is 0 Å². The van der Waals surface area contributed by atoms with Gasteiger partial charge in [0.2, 0.25) is 5.82 Å². The molecule has 80 valence electrons. The molecule has 1 aromatic heterocycles. The van der Waals surface area contributed by atoms with E-state index in [1.54, 1.807) is 18.1 Å². The lowest BCUT2D eigenvalue weighted by molar-refractivity contribution is 0.0925. The van der Waals surface area contributed by atoms with Gasteiger partial charge < -0.3 is 5.32 Å². The van der Waals surface area contributed by atoms with Gasteiger partial charge in [0.25, 0.3) is 5.91 Å². The molecule has 1 amide bonds. The molecule has 3 rings (SSSR count). The SMILES string of the molecule is Cn1cnc(C(=O)NC2CC3CC3C2)n1. The summed E-state index contributed by atoms with van der Waals surface area (Å²) in [6.07, 6.45) is 5.20. The summed E-state index contributed by atoms with van der Waals surface area (Å²) in [6.45, 7) is 0. The van der Waals surface area contributed by atoms with Crippen molar-refractivity contribution < 1.29 is 4.79 Å². The number of carbonyl (C=O) groups is 1. The van der Waals surface area contributed by atoms with E-state index in [4.69, 9.17) is 0 Å². The van der Waals surface area contributed by atoms with Crippen molar-refractivity contribution in [3.8, 4) is 0 Å². The van der Waals surface area contributed by atoms with E-state index in [0.717, 1.165) is 24.7 Å². The molecule has 1 N–H and O–H groups in total. The molecule has 1 heterocycles. The molecule has 2 aliphatic carbocycles. The summed E-state index contributed by atoms with van der Waals surface area (Å²) in [5.41, 5.74) is 0. The number of nitrogens with one attached hydrogen (secondary N) is 1. The van der Waals surface area contributed by atoms with Gasteiger partial charge in [-0.3, -0.25) is 9.48 Å². The van der Waals surface area contributed by atoms with E-state index < -0.39 is 0 Å². The van der Waals surface area contributed by atoms with Gasteiger partial charge in [-0.1, -0.05) is 0 Å². The molecule has 0 radical (unpaired) electrons. The average Bonchev–Trinajstić information content (AvgIpc) is 2.63. The lowest BCUT2D eigenvalue weighted by Gasteiger charge is -2.12. The normalized spacial score (nSPS) is 32.5. The Bertz CT molecular complexity index is 390. The van der Waals surface area contributed by atoms with Gasteiger partial charge in [0.05, 0.1) is 0 Å². The Morgan fingerprint density at radius 1 is 1.47 bits per heavy atom. The van der Waals surface area contributed by atoms with Gasteiger partial charge in [0, 0.05) is 13.1 Å². The maximum Gasteiger partial charge on any atom is 0.291 e. The largest absolute Gasteiger partial charge is 0.347 e. The number of carbonyl (C=O) groups excluding carboxylic acids is 1. The van der Waals surface area contributed by atoms with Crippen LogP contribution in [-0.2, 0) is 7.05 Å². The van der Waals surface area contributed by atoms with Crippen LogP contribution in [0.3, 0.4) is 0 Å². The zero-order valence-corrected chi connectivity index (χ0v) is 8.68. The van der Waals surface area contributed by atoms with E-state index in [1.165, 1.54) is 6.42 Å². The van der Waals surface area contributed by atoms with Gasteiger partial charge in [-0.2, -0.15) is 0 Å². The van der Waals surface area contributed by atoms with E-state index in [9.17, 15) is 4.79 Å². The van der Waals surface area contributed by atoms with Crippen molar-refractivity contribution >= 4 is 5.91 Å². The first kappa shape index (κ1) is 8.88. The first-order valence-corrected chi connectivity index (χ1v) is 5.39. The number of hydrogen-bond donors (Lipinski definition) is 1. The summed E-state index contributed by atoms with van der Waals surface area (Å²) >= 11 is 0. The van der Waals surface area contributed by atoms with Gasteiger partial charge in [0.1, 0.15) is 6.33 Å². The highest BCUT2D eigenvalue weighted by Gasteiger charge is 2.46. The minimum atomic E-state index is -0.137. The van der Waals surface area contributed by atoms with Crippen LogP contribution in [-0.4, -0.2) is 26.7 Å². The third kappa shape index (κ3) is 1.62. The van der Waals surface area contributed by atoms with E-state index in [1.807, 2.05) is 0 Å². The molecule has 0 bridgehead atoms. The van der Waals surface area contributed by atoms with Crippen LogP contribution in [0.25, 0.3) is 0 Å². The molecule has 2 fully saturated rings. The highest BCUT2D eigenvalue weighted by molar-refractivity contribution is 5.90. The van der Waals surface area contributed by atoms with Crippen molar-refractivity contribution in [1.82, 2.24) is 20.1 Å². The monoisotopic (exact) mass is 206 g/mol. The summed E-state index contributed by atoms with van der Waals surface area (Å²) in [5, 5.41) is 6.97. The molecule has 1 aromatic rings. The molecular weight excluding hydrogens is 192 g/mol. The third-order valence-corrected chi connectivity index (χ3v) is 3.38. The summed E-state index contributed by atoms with van der Waals surface area (Å²) in [5.74, 6) is 1.90. The third-order valence-electron chi connectivity index (χ3n) is 3.38. The Kier molecular flexibility index (Phi) is 1.81.